The number of rotatable bonds is 2. The van der Waals surface area contributed by atoms with Crippen LogP contribution in [0.5, 0.6) is 0 Å². The lowest BCUT2D eigenvalue weighted by molar-refractivity contribution is 0.278. The van der Waals surface area contributed by atoms with Gasteiger partial charge in [0.05, 0.1) is 0 Å². The van der Waals surface area contributed by atoms with Crippen molar-refractivity contribution in [1.29, 1.82) is 0 Å². The first-order valence-electron chi connectivity index (χ1n) is 4.55. The van der Waals surface area contributed by atoms with Crippen LogP contribution in [0, 0.1) is 0 Å². The summed E-state index contributed by atoms with van der Waals surface area (Å²) in [4.78, 5) is 0. The van der Waals surface area contributed by atoms with E-state index in [1.165, 1.54) is 5.57 Å². The standard InChI is InChI=1S/C8H13NO.C2H6/c1-7-2-4-9-8(6-7)3-5-10;1-2/h2,4,6,8-10H,3,5H2,1H3;1-2H3. The smallest absolute Gasteiger partial charge is 0.0466 e. The summed E-state index contributed by atoms with van der Waals surface area (Å²) < 4.78 is 0. The summed E-state index contributed by atoms with van der Waals surface area (Å²) in [5, 5.41) is 11.7. The molecular weight excluding hydrogens is 150 g/mol. The van der Waals surface area contributed by atoms with Crippen molar-refractivity contribution in [2.75, 3.05) is 6.61 Å². The van der Waals surface area contributed by atoms with Crippen molar-refractivity contribution in [3.8, 4) is 0 Å². The predicted molar refractivity (Wildman–Crippen MR) is 52.9 cm³/mol. The summed E-state index contributed by atoms with van der Waals surface area (Å²) in [5.74, 6) is 0. The molecular formula is C10H19NO. The van der Waals surface area contributed by atoms with Gasteiger partial charge in [0.1, 0.15) is 0 Å². The Kier molecular flexibility index (Phi) is 6.48. The molecule has 0 aromatic carbocycles. The van der Waals surface area contributed by atoms with E-state index < -0.39 is 0 Å². The third-order valence-corrected chi connectivity index (χ3v) is 1.56. The molecule has 0 aromatic rings. The molecule has 0 aliphatic carbocycles. The van der Waals surface area contributed by atoms with Gasteiger partial charge in [0.25, 0.3) is 0 Å². The first-order chi connectivity index (χ1) is 5.83. The zero-order valence-electron chi connectivity index (χ0n) is 8.17. The molecule has 1 aliphatic heterocycles. The minimum atomic E-state index is 0.245. The van der Waals surface area contributed by atoms with Gasteiger partial charge in [-0.1, -0.05) is 25.5 Å². The average Bonchev–Trinajstić information content (AvgIpc) is 2.09. The van der Waals surface area contributed by atoms with Gasteiger partial charge in [-0.3, -0.25) is 0 Å². The maximum Gasteiger partial charge on any atom is 0.0466 e. The lowest BCUT2D eigenvalue weighted by atomic mass is 10.1. The van der Waals surface area contributed by atoms with Crippen LogP contribution in [0.4, 0.5) is 0 Å². The van der Waals surface area contributed by atoms with E-state index in [1.54, 1.807) is 0 Å². The Hall–Kier alpha value is -0.760. The molecule has 2 nitrogen and oxygen atoms in total. The van der Waals surface area contributed by atoms with E-state index in [2.05, 4.69) is 18.3 Å². The highest BCUT2D eigenvalue weighted by molar-refractivity contribution is 5.22. The van der Waals surface area contributed by atoms with Crippen LogP contribution >= 0.6 is 0 Å². The second-order valence-electron chi connectivity index (χ2n) is 2.53. The van der Waals surface area contributed by atoms with E-state index in [4.69, 9.17) is 5.11 Å². The molecule has 0 saturated carbocycles. The number of hydrogen-bond acceptors (Lipinski definition) is 2. The molecule has 0 spiro atoms. The topological polar surface area (TPSA) is 32.3 Å². The van der Waals surface area contributed by atoms with Gasteiger partial charge >= 0.3 is 0 Å². The summed E-state index contributed by atoms with van der Waals surface area (Å²) in [5.41, 5.74) is 1.26. The van der Waals surface area contributed by atoms with Gasteiger partial charge in [0.15, 0.2) is 0 Å². The fourth-order valence-electron chi connectivity index (χ4n) is 1.03. The number of dihydropyridines is 1. The summed E-state index contributed by atoms with van der Waals surface area (Å²) in [7, 11) is 0. The van der Waals surface area contributed by atoms with Crippen LogP contribution in [0.3, 0.4) is 0 Å². The SMILES string of the molecule is CC.CC1=CC(CCO)NC=C1. The lowest BCUT2D eigenvalue weighted by Gasteiger charge is -2.15. The summed E-state index contributed by atoms with van der Waals surface area (Å²) in [6.45, 7) is 6.30. The highest BCUT2D eigenvalue weighted by Gasteiger charge is 2.03. The van der Waals surface area contributed by atoms with E-state index in [9.17, 15) is 0 Å². The molecule has 2 N–H and O–H groups in total. The van der Waals surface area contributed by atoms with Gasteiger partial charge in [-0.25, -0.2) is 0 Å². The van der Waals surface area contributed by atoms with Gasteiger partial charge in [0.2, 0.25) is 0 Å². The fourth-order valence-corrected chi connectivity index (χ4v) is 1.03. The molecule has 70 valence electrons. The minimum Gasteiger partial charge on any atom is -0.396 e. The Labute approximate surface area is 75.0 Å². The van der Waals surface area contributed by atoms with Crippen molar-refractivity contribution in [1.82, 2.24) is 5.32 Å². The van der Waals surface area contributed by atoms with Gasteiger partial charge in [-0.15, -0.1) is 0 Å². The van der Waals surface area contributed by atoms with Crippen LogP contribution in [0.25, 0.3) is 0 Å². The van der Waals surface area contributed by atoms with E-state index >= 15 is 0 Å². The number of aliphatic hydroxyl groups is 1. The molecule has 0 fully saturated rings. The van der Waals surface area contributed by atoms with Crippen LogP contribution in [0.2, 0.25) is 0 Å². The van der Waals surface area contributed by atoms with E-state index in [0.29, 0.717) is 6.04 Å². The Morgan fingerprint density at radius 1 is 1.50 bits per heavy atom. The molecule has 1 unspecified atom stereocenters. The molecule has 1 heterocycles. The van der Waals surface area contributed by atoms with Gasteiger partial charge < -0.3 is 10.4 Å². The van der Waals surface area contributed by atoms with Crippen molar-refractivity contribution in [3.05, 3.63) is 23.9 Å². The monoisotopic (exact) mass is 169 g/mol. The summed E-state index contributed by atoms with van der Waals surface area (Å²) in [6.07, 6.45) is 6.86. The number of nitrogens with one attached hydrogen (secondary N) is 1. The summed E-state index contributed by atoms with van der Waals surface area (Å²) in [6, 6.07) is 0.329. The van der Waals surface area contributed by atoms with Gasteiger partial charge in [-0.05, 0) is 25.6 Å². The minimum absolute atomic E-state index is 0.245. The average molecular weight is 169 g/mol. The van der Waals surface area contributed by atoms with Gasteiger partial charge in [-0.2, -0.15) is 0 Å². The van der Waals surface area contributed by atoms with Gasteiger partial charge in [0, 0.05) is 12.6 Å². The number of allylic oxidation sites excluding steroid dienone is 2. The Balaban J connectivity index is 0.000000561. The van der Waals surface area contributed by atoms with Crippen molar-refractivity contribution in [3.63, 3.8) is 0 Å². The molecule has 0 amide bonds. The normalized spacial score (nSPS) is 20.3. The van der Waals surface area contributed by atoms with Crippen LogP contribution in [-0.2, 0) is 0 Å². The molecule has 0 radical (unpaired) electrons. The van der Waals surface area contributed by atoms with Crippen molar-refractivity contribution >= 4 is 0 Å². The molecule has 1 rings (SSSR count). The van der Waals surface area contributed by atoms with Crippen molar-refractivity contribution in [2.24, 2.45) is 0 Å². The maximum atomic E-state index is 8.61. The van der Waals surface area contributed by atoms with E-state index in [0.717, 1.165) is 6.42 Å². The zero-order chi connectivity index (χ0) is 9.40. The van der Waals surface area contributed by atoms with Crippen LogP contribution < -0.4 is 5.32 Å². The third-order valence-electron chi connectivity index (χ3n) is 1.56. The van der Waals surface area contributed by atoms with Crippen molar-refractivity contribution in [2.45, 2.75) is 33.2 Å². The second kappa shape index (κ2) is 6.92. The fraction of sp³-hybridized carbons (Fsp3) is 0.600. The second-order valence-corrected chi connectivity index (χ2v) is 2.53. The molecule has 0 aromatic heterocycles. The van der Waals surface area contributed by atoms with Crippen LogP contribution in [0.15, 0.2) is 23.9 Å². The highest BCUT2D eigenvalue weighted by Crippen LogP contribution is 2.05. The van der Waals surface area contributed by atoms with Crippen LogP contribution in [0.1, 0.15) is 27.2 Å². The number of aliphatic hydroxyl groups excluding tert-OH is 1. The van der Waals surface area contributed by atoms with Crippen LogP contribution in [-0.4, -0.2) is 17.8 Å². The lowest BCUT2D eigenvalue weighted by Crippen LogP contribution is -2.25. The third kappa shape index (κ3) is 4.19. The number of hydrogen-bond donors (Lipinski definition) is 2. The molecule has 1 aliphatic rings. The molecule has 0 saturated heterocycles. The first-order valence-corrected chi connectivity index (χ1v) is 4.55. The molecule has 1 atom stereocenters. The maximum absolute atomic E-state index is 8.61. The molecule has 12 heavy (non-hydrogen) atoms. The Morgan fingerprint density at radius 3 is 2.67 bits per heavy atom. The molecule has 2 heteroatoms. The van der Waals surface area contributed by atoms with Crippen molar-refractivity contribution < 1.29 is 5.11 Å². The van der Waals surface area contributed by atoms with E-state index in [-0.39, 0.29) is 6.61 Å². The zero-order valence-corrected chi connectivity index (χ0v) is 8.17. The highest BCUT2D eigenvalue weighted by atomic mass is 16.3. The predicted octanol–water partition coefficient (Wildman–Crippen LogP) is 1.83. The Bertz CT molecular complexity index is 161. The molecule has 0 bridgehead atoms. The first kappa shape index (κ1) is 11.2. The Morgan fingerprint density at radius 2 is 2.17 bits per heavy atom. The largest absolute Gasteiger partial charge is 0.396 e. The van der Waals surface area contributed by atoms with E-state index in [1.807, 2.05) is 26.1 Å². The summed E-state index contributed by atoms with van der Waals surface area (Å²) >= 11 is 0. The quantitative estimate of drug-likeness (QED) is 0.661.